The van der Waals surface area contributed by atoms with E-state index in [2.05, 4.69) is 57.2 Å². The zero-order chi connectivity index (χ0) is 14.8. The number of fused-ring (bicyclic) bond motifs is 1. The average molecular weight is 418 g/mol. The number of aryl methyl sites for hydroxylation is 1. The van der Waals surface area contributed by atoms with E-state index in [1.165, 1.54) is 28.6 Å². The van der Waals surface area contributed by atoms with Crippen LogP contribution < -0.4 is 0 Å². The number of benzene rings is 1. The normalized spacial score (nSPS) is 19.7. The van der Waals surface area contributed by atoms with E-state index in [4.69, 9.17) is 16.6 Å². The van der Waals surface area contributed by atoms with Crippen LogP contribution in [0.2, 0.25) is 0 Å². The molecule has 1 aromatic heterocycles. The van der Waals surface area contributed by atoms with Crippen molar-refractivity contribution in [3.05, 3.63) is 27.6 Å². The number of hydrogen-bond donors (Lipinski definition) is 0. The zero-order valence-electron chi connectivity index (χ0n) is 12.4. The second kappa shape index (κ2) is 6.84. The number of nitrogens with zero attached hydrogens (tertiary/aromatic N) is 3. The van der Waals surface area contributed by atoms with Crippen LogP contribution in [0.5, 0.6) is 0 Å². The van der Waals surface area contributed by atoms with Gasteiger partial charge in [-0.15, -0.1) is 11.6 Å². The topological polar surface area (TPSA) is 21.1 Å². The van der Waals surface area contributed by atoms with E-state index < -0.39 is 0 Å². The molecule has 2 heterocycles. The fourth-order valence-corrected chi connectivity index (χ4v) is 3.88. The van der Waals surface area contributed by atoms with Gasteiger partial charge in [-0.05, 0) is 66.2 Å². The number of halogens is 2. The number of likely N-dealkylation sites (tertiary alicyclic amines) is 1. The number of hydrogen-bond acceptors (Lipinski definition) is 2. The number of rotatable bonds is 5. The molecular weight excluding hydrogens is 397 g/mol. The van der Waals surface area contributed by atoms with Gasteiger partial charge in [0.1, 0.15) is 5.82 Å². The minimum Gasteiger partial charge on any atom is -0.328 e. The molecule has 3 rings (SSSR count). The van der Waals surface area contributed by atoms with Crippen LogP contribution >= 0.6 is 34.2 Å². The molecule has 0 amide bonds. The summed E-state index contributed by atoms with van der Waals surface area (Å²) in [4.78, 5) is 7.34. The molecule has 0 radical (unpaired) electrons. The van der Waals surface area contributed by atoms with Crippen LogP contribution in [0.15, 0.2) is 18.2 Å². The minimum absolute atomic E-state index is 0.631. The molecule has 0 saturated carbocycles. The lowest BCUT2D eigenvalue weighted by Gasteiger charge is -2.15. The molecule has 2 aromatic rings. The van der Waals surface area contributed by atoms with Gasteiger partial charge in [0, 0.05) is 29.0 Å². The summed E-state index contributed by atoms with van der Waals surface area (Å²) in [5.74, 6) is 2.50. The summed E-state index contributed by atoms with van der Waals surface area (Å²) in [5.41, 5.74) is 2.36. The van der Waals surface area contributed by atoms with Crippen LogP contribution in [-0.4, -0.2) is 40.0 Å². The van der Waals surface area contributed by atoms with Gasteiger partial charge in [0.05, 0.1) is 11.0 Å². The summed E-state index contributed by atoms with van der Waals surface area (Å²) in [6.07, 6.45) is 2.13. The van der Waals surface area contributed by atoms with Gasteiger partial charge in [-0.3, -0.25) is 0 Å². The minimum atomic E-state index is 0.631. The Hall–Kier alpha value is -0.330. The molecule has 5 heteroatoms. The average Bonchev–Trinajstić information content (AvgIpc) is 3.05. The number of imidazole rings is 1. The van der Waals surface area contributed by atoms with Gasteiger partial charge in [0.25, 0.3) is 0 Å². The Morgan fingerprint density at radius 1 is 1.43 bits per heavy atom. The maximum absolute atomic E-state index is 5.97. The van der Waals surface area contributed by atoms with Gasteiger partial charge >= 0.3 is 0 Å². The molecule has 1 saturated heterocycles. The van der Waals surface area contributed by atoms with Gasteiger partial charge in [-0.25, -0.2) is 4.98 Å². The van der Waals surface area contributed by atoms with Crippen LogP contribution in [0.4, 0.5) is 0 Å². The summed E-state index contributed by atoms with van der Waals surface area (Å²) in [5, 5.41) is 0. The largest absolute Gasteiger partial charge is 0.328 e. The van der Waals surface area contributed by atoms with Crippen molar-refractivity contribution >= 4 is 45.2 Å². The number of aromatic nitrogens is 2. The second-order valence-electron chi connectivity index (χ2n) is 5.76. The molecule has 1 aliphatic heterocycles. The smallest absolute Gasteiger partial charge is 0.111 e. The lowest BCUT2D eigenvalue weighted by atomic mass is 10.1. The molecule has 0 N–H and O–H groups in total. The first-order chi connectivity index (χ1) is 10.2. The fourth-order valence-electron chi connectivity index (χ4n) is 3.24. The first-order valence-electron chi connectivity index (χ1n) is 7.64. The Morgan fingerprint density at radius 3 is 3.00 bits per heavy atom. The van der Waals surface area contributed by atoms with E-state index in [0.717, 1.165) is 36.8 Å². The Labute approximate surface area is 144 Å². The van der Waals surface area contributed by atoms with E-state index in [9.17, 15) is 0 Å². The lowest BCUT2D eigenvalue weighted by molar-refractivity contribution is 0.332. The van der Waals surface area contributed by atoms with Crippen molar-refractivity contribution in [1.29, 1.82) is 0 Å². The van der Waals surface area contributed by atoms with Crippen molar-refractivity contribution in [3.8, 4) is 0 Å². The van der Waals surface area contributed by atoms with Crippen molar-refractivity contribution in [3.63, 3.8) is 0 Å². The molecule has 0 bridgehead atoms. The van der Waals surface area contributed by atoms with Crippen LogP contribution in [0, 0.1) is 9.49 Å². The zero-order valence-corrected chi connectivity index (χ0v) is 15.3. The predicted molar refractivity (Wildman–Crippen MR) is 97.1 cm³/mol. The standard InChI is InChI=1S/C16H21ClIN3/c1-2-20-8-6-12(10-20)11-21-15-4-3-13(18)9-14(15)19-16(21)5-7-17/h3-4,9,12H,2,5-8,10-11H2,1H3. The van der Waals surface area contributed by atoms with Crippen LogP contribution in [-0.2, 0) is 13.0 Å². The Bertz CT molecular complexity index is 625. The Morgan fingerprint density at radius 2 is 2.29 bits per heavy atom. The quantitative estimate of drug-likeness (QED) is 0.545. The molecule has 1 atom stereocenters. The summed E-state index contributed by atoms with van der Waals surface area (Å²) in [6, 6.07) is 6.53. The third-order valence-corrected chi connectivity index (χ3v) is 5.23. The van der Waals surface area contributed by atoms with Gasteiger partial charge in [0.2, 0.25) is 0 Å². The van der Waals surface area contributed by atoms with Crippen molar-refractivity contribution in [2.45, 2.75) is 26.3 Å². The molecule has 0 aliphatic carbocycles. The highest BCUT2D eigenvalue weighted by atomic mass is 127. The second-order valence-corrected chi connectivity index (χ2v) is 7.38. The monoisotopic (exact) mass is 417 g/mol. The predicted octanol–water partition coefficient (Wildman–Crippen LogP) is 3.76. The summed E-state index contributed by atoms with van der Waals surface area (Å²) < 4.78 is 3.64. The maximum Gasteiger partial charge on any atom is 0.111 e. The highest BCUT2D eigenvalue weighted by molar-refractivity contribution is 14.1. The molecule has 0 spiro atoms. The maximum atomic E-state index is 5.97. The van der Waals surface area contributed by atoms with Crippen LogP contribution in [0.1, 0.15) is 19.2 Å². The van der Waals surface area contributed by atoms with Crippen LogP contribution in [0.3, 0.4) is 0 Å². The molecule has 114 valence electrons. The molecular formula is C16H21ClIN3. The van der Waals surface area contributed by atoms with E-state index in [0.29, 0.717) is 5.88 Å². The summed E-state index contributed by atoms with van der Waals surface area (Å²) >= 11 is 8.31. The van der Waals surface area contributed by atoms with Gasteiger partial charge < -0.3 is 9.47 Å². The van der Waals surface area contributed by atoms with E-state index in [1.807, 2.05) is 0 Å². The van der Waals surface area contributed by atoms with Crippen molar-refractivity contribution in [2.24, 2.45) is 5.92 Å². The van der Waals surface area contributed by atoms with Gasteiger partial charge in [-0.2, -0.15) is 0 Å². The number of alkyl halides is 1. The highest BCUT2D eigenvalue weighted by Crippen LogP contribution is 2.24. The highest BCUT2D eigenvalue weighted by Gasteiger charge is 2.23. The molecule has 21 heavy (non-hydrogen) atoms. The SMILES string of the molecule is CCN1CCC(Cn2c(CCCl)nc3cc(I)ccc32)C1. The Kier molecular flexibility index (Phi) is 5.07. The van der Waals surface area contributed by atoms with Gasteiger partial charge in [0.15, 0.2) is 0 Å². The molecule has 1 aromatic carbocycles. The van der Waals surface area contributed by atoms with E-state index >= 15 is 0 Å². The molecule has 1 fully saturated rings. The molecule has 3 nitrogen and oxygen atoms in total. The Balaban J connectivity index is 1.90. The third kappa shape index (κ3) is 3.37. The lowest BCUT2D eigenvalue weighted by Crippen LogP contribution is -2.21. The first-order valence-corrected chi connectivity index (χ1v) is 9.25. The van der Waals surface area contributed by atoms with Crippen LogP contribution in [0.25, 0.3) is 11.0 Å². The van der Waals surface area contributed by atoms with Gasteiger partial charge in [-0.1, -0.05) is 6.92 Å². The van der Waals surface area contributed by atoms with E-state index in [-0.39, 0.29) is 0 Å². The summed E-state index contributed by atoms with van der Waals surface area (Å²) in [7, 11) is 0. The fraction of sp³-hybridized carbons (Fsp3) is 0.562. The van der Waals surface area contributed by atoms with Crippen molar-refractivity contribution < 1.29 is 0 Å². The van der Waals surface area contributed by atoms with E-state index in [1.54, 1.807) is 0 Å². The van der Waals surface area contributed by atoms with Crippen molar-refractivity contribution in [2.75, 3.05) is 25.5 Å². The van der Waals surface area contributed by atoms with Crippen molar-refractivity contribution in [1.82, 2.24) is 14.5 Å². The third-order valence-electron chi connectivity index (χ3n) is 4.37. The molecule has 1 aliphatic rings. The summed E-state index contributed by atoms with van der Waals surface area (Å²) in [6.45, 7) is 6.92. The molecule has 1 unspecified atom stereocenters. The first kappa shape index (κ1) is 15.6.